The Morgan fingerprint density at radius 2 is 0.682 bits per heavy atom. The molecule has 0 radical (unpaired) electrons. The van der Waals surface area contributed by atoms with Gasteiger partial charge in [0.15, 0.2) is 6.10 Å². The van der Waals surface area contributed by atoms with Crippen molar-refractivity contribution < 1.29 is 23.8 Å². The average molecular weight is 917 g/mol. The second-order valence-corrected chi connectivity index (χ2v) is 18.1. The Balaban J connectivity index is 4.40. The molecule has 0 saturated heterocycles. The van der Waals surface area contributed by atoms with Crippen molar-refractivity contribution in [2.45, 2.75) is 258 Å². The molecule has 0 aromatic rings. The van der Waals surface area contributed by atoms with Crippen LogP contribution in [0.3, 0.4) is 0 Å². The predicted molar refractivity (Wildman–Crippen MR) is 288 cm³/mol. The van der Waals surface area contributed by atoms with Gasteiger partial charge in [0.2, 0.25) is 0 Å². The number of allylic oxidation sites excluding steroid dienone is 15. The molecule has 0 saturated carbocycles. The fourth-order valence-corrected chi connectivity index (χ4v) is 7.48. The van der Waals surface area contributed by atoms with Crippen molar-refractivity contribution in [1.29, 1.82) is 0 Å². The molecule has 0 aromatic carbocycles. The molecule has 0 N–H and O–H groups in total. The minimum absolute atomic E-state index is 0.0458. The van der Waals surface area contributed by atoms with Crippen LogP contribution >= 0.6 is 0 Å². The van der Waals surface area contributed by atoms with E-state index in [0.29, 0.717) is 19.4 Å². The smallest absolute Gasteiger partial charge is 0.306 e. The number of carbonyl (C=O) groups is 2. The maximum atomic E-state index is 12.8. The van der Waals surface area contributed by atoms with Gasteiger partial charge in [-0.25, -0.2) is 0 Å². The lowest BCUT2D eigenvalue weighted by molar-refractivity contribution is -0.162. The highest BCUT2D eigenvalue weighted by molar-refractivity contribution is 5.70. The molecule has 1 unspecified atom stereocenters. The van der Waals surface area contributed by atoms with Crippen LogP contribution in [0.25, 0.3) is 0 Å². The average Bonchev–Trinajstić information content (AvgIpc) is 3.32. The number of rotatable bonds is 50. The van der Waals surface area contributed by atoms with E-state index in [1.165, 1.54) is 135 Å². The number of hydrogen-bond donors (Lipinski definition) is 0. The molecule has 0 aliphatic rings. The highest BCUT2D eigenvalue weighted by atomic mass is 16.6. The van der Waals surface area contributed by atoms with Crippen LogP contribution < -0.4 is 0 Å². The van der Waals surface area contributed by atoms with Crippen LogP contribution in [0.4, 0.5) is 0 Å². The van der Waals surface area contributed by atoms with Gasteiger partial charge in [-0.2, -0.15) is 0 Å². The first-order chi connectivity index (χ1) is 32.6. The fraction of sp³-hybridized carbons (Fsp3) is 0.705. The van der Waals surface area contributed by atoms with Crippen molar-refractivity contribution in [3.05, 3.63) is 97.2 Å². The van der Waals surface area contributed by atoms with Crippen molar-refractivity contribution in [2.75, 3.05) is 19.8 Å². The van der Waals surface area contributed by atoms with E-state index in [4.69, 9.17) is 14.2 Å². The molecule has 0 aliphatic heterocycles. The van der Waals surface area contributed by atoms with Crippen LogP contribution in [-0.2, 0) is 23.8 Å². The van der Waals surface area contributed by atoms with Gasteiger partial charge in [0.25, 0.3) is 0 Å². The summed E-state index contributed by atoms with van der Waals surface area (Å²) >= 11 is 0. The van der Waals surface area contributed by atoms with E-state index in [0.717, 1.165) is 83.5 Å². The van der Waals surface area contributed by atoms with E-state index in [-0.39, 0.29) is 25.2 Å². The Morgan fingerprint density at radius 1 is 0.348 bits per heavy atom. The summed E-state index contributed by atoms with van der Waals surface area (Å²) < 4.78 is 17.3. The van der Waals surface area contributed by atoms with Gasteiger partial charge in [-0.1, -0.05) is 227 Å². The highest BCUT2D eigenvalue weighted by Crippen LogP contribution is 2.14. The first-order valence-corrected chi connectivity index (χ1v) is 27.8. The summed E-state index contributed by atoms with van der Waals surface area (Å²) in [6, 6.07) is 0. The second-order valence-electron chi connectivity index (χ2n) is 18.1. The number of ether oxygens (including phenoxy) is 3. The van der Waals surface area contributed by atoms with Crippen LogP contribution in [0.5, 0.6) is 0 Å². The molecule has 0 aromatic heterocycles. The summed E-state index contributed by atoms with van der Waals surface area (Å²) in [7, 11) is 0. The van der Waals surface area contributed by atoms with Crippen LogP contribution in [-0.4, -0.2) is 37.9 Å². The zero-order valence-corrected chi connectivity index (χ0v) is 43.4. The standard InChI is InChI=1S/C61H104O5/c1-4-7-10-13-16-19-22-25-28-31-33-36-39-42-45-48-51-54-60(62)65-58-59(57-64-56-53-50-47-44-41-38-35-30-27-24-21-18-15-12-9-6-3)66-61(63)55-52-49-46-43-40-37-34-32-29-26-23-20-17-14-11-8-5-2/h9,12,16,18-19,21,25-30,38,41,47,50,59H,4-8,10-11,13-15,17,20,22-24,31-37,39-40,42-46,48-49,51-58H2,1-3H3/b12-9-,19-16-,21-18-,28-25-,29-26-,30-27-,41-38-,50-47-. The Bertz CT molecular complexity index is 1270. The normalized spacial score (nSPS) is 13.0. The lowest BCUT2D eigenvalue weighted by Crippen LogP contribution is -2.30. The van der Waals surface area contributed by atoms with Crippen LogP contribution in [0, 0.1) is 0 Å². The Labute approximate surface area is 409 Å². The maximum absolute atomic E-state index is 12.8. The lowest BCUT2D eigenvalue weighted by atomic mass is 10.1. The molecule has 66 heavy (non-hydrogen) atoms. The highest BCUT2D eigenvalue weighted by Gasteiger charge is 2.17. The van der Waals surface area contributed by atoms with Gasteiger partial charge in [-0.15, -0.1) is 0 Å². The zero-order chi connectivity index (χ0) is 47.7. The van der Waals surface area contributed by atoms with Gasteiger partial charge in [-0.3, -0.25) is 9.59 Å². The van der Waals surface area contributed by atoms with Crippen molar-refractivity contribution in [2.24, 2.45) is 0 Å². The van der Waals surface area contributed by atoms with Crippen molar-refractivity contribution >= 4 is 11.9 Å². The molecule has 1 atom stereocenters. The molecule has 378 valence electrons. The summed E-state index contributed by atoms with van der Waals surface area (Å²) in [6.07, 6.45) is 75.8. The van der Waals surface area contributed by atoms with Crippen molar-refractivity contribution in [3.8, 4) is 0 Å². The molecule has 0 aliphatic carbocycles. The first kappa shape index (κ1) is 62.8. The van der Waals surface area contributed by atoms with Crippen LogP contribution in [0.2, 0.25) is 0 Å². The van der Waals surface area contributed by atoms with Crippen molar-refractivity contribution in [3.63, 3.8) is 0 Å². The van der Waals surface area contributed by atoms with Gasteiger partial charge >= 0.3 is 11.9 Å². The minimum Gasteiger partial charge on any atom is -0.462 e. The molecule has 0 fully saturated rings. The summed E-state index contributed by atoms with van der Waals surface area (Å²) in [6.45, 7) is 7.47. The molecule has 5 nitrogen and oxygen atoms in total. The maximum Gasteiger partial charge on any atom is 0.306 e. The number of hydrogen-bond acceptors (Lipinski definition) is 5. The van der Waals surface area contributed by atoms with E-state index < -0.39 is 6.10 Å². The van der Waals surface area contributed by atoms with Gasteiger partial charge < -0.3 is 14.2 Å². The van der Waals surface area contributed by atoms with Gasteiger partial charge in [-0.05, 0) is 109 Å². The van der Waals surface area contributed by atoms with E-state index in [9.17, 15) is 9.59 Å². The third-order valence-corrected chi connectivity index (χ3v) is 11.6. The quantitative estimate of drug-likeness (QED) is 0.0346. The Kier molecular flexibility index (Phi) is 53.4. The molecular formula is C61H104O5. The minimum atomic E-state index is -0.587. The van der Waals surface area contributed by atoms with Crippen LogP contribution in [0.1, 0.15) is 252 Å². The lowest BCUT2D eigenvalue weighted by Gasteiger charge is -2.18. The van der Waals surface area contributed by atoms with E-state index in [1.54, 1.807) is 0 Å². The number of carbonyl (C=O) groups excluding carboxylic acids is 2. The molecule has 0 spiro atoms. The molecule has 0 bridgehead atoms. The molecular weight excluding hydrogens is 813 g/mol. The molecule has 0 heterocycles. The molecule has 0 rings (SSSR count). The second kappa shape index (κ2) is 56.1. The van der Waals surface area contributed by atoms with Gasteiger partial charge in [0, 0.05) is 12.8 Å². The molecule has 0 amide bonds. The Hall–Kier alpha value is -3.18. The SMILES string of the molecule is CC/C=C\C/C=C\C/C=C\C/C=C\C/C=C\CCOCC(COC(=O)CCCCCCCCC/C=C\C/C=C\CCCCC)OC(=O)CCCCCCCCC/C=C\CCCCCCCC. The fourth-order valence-electron chi connectivity index (χ4n) is 7.48. The monoisotopic (exact) mass is 917 g/mol. The van der Waals surface area contributed by atoms with Crippen molar-refractivity contribution in [1.82, 2.24) is 0 Å². The topological polar surface area (TPSA) is 61.8 Å². The number of esters is 2. The van der Waals surface area contributed by atoms with Gasteiger partial charge in [0.1, 0.15) is 6.61 Å². The van der Waals surface area contributed by atoms with Crippen LogP contribution in [0.15, 0.2) is 97.2 Å². The van der Waals surface area contributed by atoms with E-state index >= 15 is 0 Å². The zero-order valence-electron chi connectivity index (χ0n) is 43.4. The summed E-state index contributed by atoms with van der Waals surface area (Å²) in [5, 5.41) is 0. The first-order valence-electron chi connectivity index (χ1n) is 27.8. The molecule has 5 heteroatoms. The third kappa shape index (κ3) is 53.4. The summed E-state index contributed by atoms with van der Waals surface area (Å²) in [5.41, 5.74) is 0. The number of unbranched alkanes of at least 4 members (excludes halogenated alkanes) is 23. The van der Waals surface area contributed by atoms with E-state index in [2.05, 4.69) is 118 Å². The third-order valence-electron chi connectivity index (χ3n) is 11.6. The largest absolute Gasteiger partial charge is 0.462 e. The summed E-state index contributed by atoms with van der Waals surface area (Å²) in [5.74, 6) is -0.451. The predicted octanol–water partition coefficient (Wildman–Crippen LogP) is 19.0. The Morgan fingerprint density at radius 3 is 1.14 bits per heavy atom. The van der Waals surface area contributed by atoms with E-state index in [1.807, 2.05) is 0 Å². The summed E-state index contributed by atoms with van der Waals surface area (Å²) in [4.78, 5) is 25.5. The van der Waals surface area contributed by atoms with Gasteiger partial charge in [0.05, 0.1) is 13.2 Å².